The van der Waals surface area contributed by atoms with E-state index in [4.69, 9.17) is 9.94 Å². The number of ether oxygens (including phenoxy) is 1. The summed E-state index contributed by atoms with van der Waals surface area (Å²) in [4.78, 5) is 25.9. The van der Waals surface area contributed by atoms with Crippen LogP contribution in [0.4, 0.5) is 10.5 Å². The highest BCUT2D eigenvalue weighted by molar-refractivity contribution is 8.00. The summed E-state index contributed by atoms with van der Waals surface area (Å²) in [5.74, 6) is 0.636. The molecule has 0 saturated carbocycles. The molecular weight excluding hydrogens is 408 g/mol. The Balaban J connectivity index is 1.81. The first-order valence-electron chi connectivity index (χ1n) is 9.38. The van der Waals surface area contributed by atoms with Crippen LogP contribution in [0.1, 0.15) is 30.6 Å². The van der Waals surface area contributed by atoms with Crippen LogP contribution in [0.2, 0.25) is 0 Å². The van der Waals surface area contributed by atoms with Crippen LogP contribution < -0.4 is 10.8 Å². The number of hydrogen-bond donors (Lipinski definition) is 3. The van der Waals surface area contributed by atoms with Crippen molar-refractivity contribution in [3.8, 4) is 10.4 Å². The normalized spacial score (nSPS) is 18.7. The number of hydrogen-bond acceptors (Lipinski definition) is 6. The number of benzene rings is 1. The Bertz CT molecular complexity index is 875. The molecule has 1 aliphatic rings. The molecule has 0 radical (unpaired) electrons. The van der Waals surface area contributed by atoms with Crippen LogP contribution >= 0.6 is 23.1 Å². The molecule has 1 fully saturated rings. The Hall–Kier alpha value is -2.29. The molecule has 2 amide bonds. The van der Waals surface area contributed by atoms with E-state index >= 15 is 0 Å². The third-order valence-corrected chi connectivity index (χ3v) is 7.79. The van der Waals surface area contributed by atoms with Crippen molar-refractivity contribution in [1.82, 2.24) is 5.48 Å². The Morgan fingerprint density at radius 1 is 1.28 bits per heavy atom. The van der Waals surface area contributed by atoms with Gasteiger partial charge in [-0.3, -0.25) is 15.3 Å². The molecule has 0 spiro atoms. The molecule has 0 bridgehead atoms. The van der Waals surface area contributed by atoms with E-state index in [2.05, 4.69) is 18.0 Å². The lowest BCUT2D eigenvalue weighted by molar-refractivity contribution is -0.129. The van der Waals surface area contributed by atoms with Gasteiger partial charge in [0.2, 0.25) is 5.91 Å². The fraction of sp³-hybridized carbons (Fsp3) is 0.333. The number of rotatable bonds is 7. The van der Waals surface area contributed by atoms with Crippen molar-refractivity contribution in [2.45, 2.75) is 30.4 Å². The molecule has 2 heterocycles. The standard InChI is InChI=1S/C21H24N2O4S2/c1-2-11-27-20(25)22-16-7-5-6-15(13-16)17-8-9-18(29-17)21(14-19(24)23-26)10-3-4-12-28-21/h2,5-9,13,26H,1,3-4,10-12,14H2,(H,22,25)(H,23,24)/t21-/m0/s1. The van der Waals surface area contributed by atoms with Gasteiger partial charge in [0, 0.05) is 21.9 Å². The van der Waals surface area contributed by atoms with Crippen molar-refractivity contribution in [2.75, 3.05) is 17.7 Å². The fourth-order valence-electron chi connectivity index (χ4n) is 3.35. The second kappa shape index (κ2) is 9.96. The van der Waals surface area contributed by atoms with Gasteiger partial charge in [-0.2, -0.15) is 0 Å². The van der Waals surface area contributed by atoms with E-state index in [1.54, 1.807) is 34.6 Å². The average Bonchev–Trinajstić information content (AvgIpc) is 3.24. The van der Waals surface area contributed by atoms with Gasteiger partial charge < -0.3 is 4.74 Å². The number of anilines is 1. The monoisotopic (exact) mass is 432 g/mol. The summed E-state index contributed by atoms with van der Waals surface area (Å²) >= 11 is 3.44. The topological polar surface area (TPSA) is 87.7 Å². The lowest BCUT2D eigenvalue weighted by Crippen LogP contribution is -2.32. The molecule has 1 atom stereocenters. The minimum atomic E-state index is -0.526. The number of thiophene rings is 1. The zero-order chi connectivity index (χ0) is 20.7. The molecule has 1 aromatic heterocycles. The molecule has 1 aromatic carbocycles. The summed E-state index contributed by atoms with van der Waals surface area (Å²) in [6.07, 6.45) is 4.35. The molecule has 8 heteroatoms. The van der Waals surface area contributed by atoms with Crippen molar-refractivity contribution in [3.63, 3.8) is 0 Å². The van der Waals surface area contributed by atoms with Gasteiger partial charge in [0.25, 0.3) is 0 Å². The molecule has 2 aromatic rings. The third-order valence-electron chi connectivity index (χ3n) is 4.70. The highest BCUT2D eigenvalue weighted by atomic mass is 32.2. The zero-order valence-electron chi connectivity index (χ0n) is 16.0. The Kier molecular flexibility index (Phi) is 7.35. The first-order chi connectivity index (χ1) is 14.1. The van der Waals surface area contributed by atoms with Crippen molar-refractivity contribution in [3.05, 3.63) is 53.9 Å². The predicted octanol–water partition coefficient (Wildman–Crippen LogP) is 5.16. The van der Waals surface area contributed by atoms with Gasteiger partial charge >= 0.3 is 6.09 Å². The third kappa shape index (κ3) is 5.41. The van der Waals surface area contributed by atoms with Gasteiger partial charge in [0.1, 0.15) is 6.61 Å². The second-order valence-electron chi connectivity index (χ2n) is 6.77. The predicted molar refractivity (Wildman–Crippen MR) is 117 cm³/mol. The quantitative estimate of drug-likeness (QED) is 0.320. The van der Waals surface area contributed by atoms with Crippen molar-refractivity contribution in [1.29, 1.82) is 0 Å². The summed E-state index contributed by atoms with van der Waals surface area (Å²) in [7, 11) is 0. The molecule has 3 rings (SSSR count). The second-order valence-corrected chi connectivity index (χ2v) is 9.33. The van der Waals surface area contributed by atoms with Gasteiger partial charge in [0.15, 0.2) is 0 Å². The Morgan fingerprint density at radius 3 is 2.86 bits per heavy atom. The highest BCUT2D eigenvalue weighted by Crippen LogP contribution is 2.50. The van der Waals surface area contributed by atoms with Crippen LogP contribution in [0, 0.1) is 0 Å². The molecule has 1 saturated heterocycles. The van der Waals surface area contributed by atoms with Crippen LogP contribution in [0.3, 0.4) is 0 Å². The van der Waals surface area contributed by atoms with E-state index in [0.717, 1.165) is 40.3 Å². The summed E-state index contributed by atoms with van der Waals surface area (Å²) in [5, 5.41) is 11.7. The number of amides is 2. The van der Waals surface area contributed by atoms with Gasteiger partial charge in [-0.1, -0.05) is 31.2 Å². The van der Waals surface area contributed by atoms with E-state index in [9.17, 15) is 9.59 Å². The number of nitrogens with one attached hydrogen (secondary N) is 2. The van der Waals surface area contributed by atoms with E-state index in [1.165, 1.54) is 6.08 Å². The van der Waals surface area contributed by atoms with Crippen LogP contribution in [0.15, 0.2) is 49.1 Å². The molecule has 154 valence electrons. The van der Waals surface area contributed by atoms with Crippen LogP contribution in [-0.4, -0.2) is 29.6 Å². The van der Waals surface area contributed by atoms with Crippen LogP contribution in [-0.2, 0) is 14.3 Å². The van der Waals surface area contributed by atoms with Gasteiger partial charge in [-0.15, -0.1) is 23.1 Å². The first-order valence-corrected chi connectivity index (χ1v) is 11.2. The van der Waals surface area contributed by atoms with Gasteiger partial charge in [0.05, 0.1) is 4.75 Å². The minimum Gasteiger partial charge on any atom is -0.445 e. The van der Waals surface area contributed by atoms with Gasteiger partial charge in [-0.25, -0.2) is 10.3 Å². The molecular formula is C21H24N2O4S2. The number of thioether (sulfide) groups is 1. The molecule has 29 heavy (non-hydrogen) atoms. The Morgan fingerprint density at radius 2 is 2.14 bits per heavy atom. The maximum absolute atomic E-state index is 11.9. The average molecular weight is 433 g/mol. The van der Waals surface area contributed by atoms with Crippen LogP contribution in [0.25, 0.3) is 10.4 Å². The summed E-state index contributed by atoms with van der Waals surface area (Å²) in [5.41, 5.74) is 3.40. The molecule has 0 aliphatic carbocycles. The SMILES string of the molecule is C=CCOC(=O)Nc1cccc(-c2ccc([C@@]3(CC(=O)NO)CCCCS3)s2)c1. The smallest absolute Gasteiger partial charge is 0.411 e. The molecule has 6 nitrogen and oxygen atoms in total. The minimum absolute atomic E-state index is 0.154. The van der Waals surface area contributed by atoms with Crippen molar-refractivity contribution in [2.24, 2.45) is 0 Å². The summed E-state index contributed by atoms with van der Waals surface area (Å²) in [6, 6.07) is 11.7. The van der Waals surface area contributed by atoms with E-state index < -0.39 is 6.09 Å². The van der Waals surface area contributed by atoms with E-state index in [1.807, 2.05) is 24.3 Å². The van der Waals surface area contributed by atoms with Crippen molar-refractivity contribution < 1.29 is 19.5 Å². The maximum Gasteiger partial charge on any atom is 0.411 e. The largest absolute Gasteiger partial charge is 0.445 e. The van der Waals surface area contributed by atoms with E-state index in [-0.39, 0.29) is 23.7 Å². The highest BCUT2D eigenvalue weighted by Gasteiger charge is 2.38. The number of carbonyl (C=O) groups excluding carboxylic acids is 2. The molecule has 0 unspecified atom stereocenters. The molecule has 3 N–H and O–H groups in total. The fourth-order valence-corrected chi connectivity index (χ4v) is 6.24. The van der Waals surface area contributed by atoms with Gasteiger partial charge in [-0.05, 0) is 48.4 Å². The lowest BCUT2D eigenvalue weighted by atomic mass is 9.94. The maximum atomic E-state index is 11.9. The molecule has 1 aliphatic heterocycles. The lowest BCUT2D eigenvalue weighted by Gasteiger charge is -2.35. The number of hydroxylamine groups is 1. The summed E-state index contributed by atoms with van der Waals surface area (Å²) in [6.45, 7) is 3.67. The zero-order valence-corrected chi connectivity index (χ0v) is 17.6. The summed E-state index contributed by atoms with van der Waals surface area (Å²) < 4.78 is 4.65. The van der Waals surface area contributed by atoms with Crippen molar-refractivity contribution >= 4 is 40.8 Å². The van der Waals surface area contributed by atoms with Crippen LogP contribution in [0.5, 0.6) is 0 Å². The first kappa shape index (κ1) is 21.4. The van der Waals surface area contributed by atoms with E-state index in [0.29, 0.717) is 5.69 Å². The number of carbonyl (C=O) groups is 2. The Labute approximate surface area is 178 Å².